The Morgan fingerprint density at radius 3 is 2.26 bits per heavy atom. The summed E-state index contributed by atoms with van der Waals surface area (Å²) in [4.78, 5) is 25.4. The maximum absolute atomic E-state index is 12.3. The van der Waals surface area contributed by atoms with E-state index in [1.165, 1.54) is 0 Å². The number of carboxylic acid groups (broad SMARTS) is 1. The van der Waals surface area contributed by atoms with Gasteiger partial charge in [0.2, 0.25) is 0 Å². The standard InChI is InChI=1S/C14H24N2O3/c1-5-10-16(13(2,3)4)12(19)15-14(11(17)18)8-6-7-9-14/h5H,1,6-10H2,2-4H3,(H,15,19)(H,17,18). The first-order valence-electron chi connectivity index (χ1n) is 6.67. The Balaban J connectivity index is 2.86. The number of hydrogen-bond acceptors (Lipinski definition) is 2. The van der Waals surface area contributed by atoms with Crippen LogP contribution in [0.25, 0.3) is 0 Å². The van der Waals surface area contributed by atoms with Crippen molar-refractivity contribution in [2.45, 2.75) is 57.5 Å². The molecule has 2 N–H and O–H groups in total. The maximum Gasteiger partial charge on any atom is 0.329 e. The van der Waals surface area contributed by atoms with Crippen LogP contribution in [0.15, 0.2) is 12.7 Å². The number of amides is 2. The maximum atomic E-state index is 12.3. The van der Waals surface area contributed by atoms with Crippen LogP contribution in [0.1, 0.15) is 46.5 Å². The van der Waals surface area contributed by atoms with Gasteiger partial charge in [-0.25, -0.2) is 9.59 Å². The summed E-state index contributed by atoms with van der Waals surface area (Å²) in [7, 11) is 0. The predicted octanol–water partition coefficient (Wildman–Crippen LogP) is 2.38. The second-order valence-corrected chi connectivity index (χ2v) is 6.09. The molecule has 0 aromatic heterocycles. The molecule has 0 aromatic carbocycles. The quantitative estimate of drug-likeness (QED) is 0.769. The van der Waals surface area contributed by atoms with Crippen molar-refractivity contribution in [1.82, 2.24) is 10.2 Å². The summed E-state index contributed by atoms with van der Waals surface area (Å²) < 4.78 is 0. The number of aliphatic carboxylic acids is 1. The Morgan fingerprint density at radius 1 is 1.37 bits per heavy atom. The van der Waals surface area contributed by atoms with Gasteiger partial charge in [0.25, 0.3) is 0 Å². The van der Waals surface area contributed by atoms with Gasteiger partial charge in [0, 0.05) is 12.1 Å². The minimum absolute atomic E-state index is 0.336. The largest absolute Gasteiger partial charge is 0.480 e. The number of nitrogens with zero attached hydrogens (tertiary/aromatic N) is 1. The Hall–Kier alpha value is -1.52. The molecule has 0 heterocycles. The smallest absolute Gasteiger partial charge is 0.329 e. The second kappa shape index (κ2) is 5.63. The molecule has 19 heavy (non-hydrogen) atoms. The highest BCUT2D eigenvalue weighted by atomic mass is 16.4. The molecule has 0 radical (unpaired) electrons. The predicted molar refractivity (Wildman–Crippen MR) is 74.0 cm³/mol. The fraction of sp³-hybridized carbons (Fsp3) is 0.714. The highest BCUT2D eigenvalue weighted by molar-refractivity contribution is 5.86. The molecule has 0 bridgehead atoms. The molecule has 0 saturated heterocycles. The van der Waals surface area contributed by atoms with E-state index in [1.54, 1.807) is 11.0 Å². The lowest BCUT2D eigenvalue weighted by molar-refractivity contribution is -0.144. The summed E-state index contributed by atoms with van der Waals surface area (Å²) in [6.07, 6.45) is 4.32. The SMILES string of the molecule is C=CCN(C(=O)NC1(C(=O)O)CCCC1)C(C)(C)C. The molecule has 0 aliphatic heterocycles. The minimum atomic E-state index is -1.10. The van der Waals surface area contributed by atoms with E-state index < -0.39 is 11.5 Å². The summed E-state index contributed by atoms with van der Waals surface area (Å²) in [5.74, 6) is -0.939. The zero-order valence-electron chi connectivity index (χ0n) is 12.0. The molecule has 5 heteroatoms. The van der Waals surface area contributed by atoms with Crippen molar-refractivity contribution >= 4 is 12.0 Å². The first-order chi connectivity index (χ1) is 8.73. The molecule has 0 spiro atoms. The van der Waals surface area contributed by atoms with Crippen LogP contribution >= 0.6 is 0 Å². The third kappa shape index (κ3) is 3.49. The molecule has 2 amide bonds. The van der Waals surface area contributed by atoms with Gasteiger partial charge in [-0.2, -0.15) is 0 Å². The molecule has 108 valence electrons. The van der Waals surface area contributed by atoms with Crippen molar-refractivity contribution in [3.05, 3.63) is 12.7 Å². The number of urea groups is 1. The fourth-order valence-corrected chi connectivity index (χ4v) is 2.43. The lowest BCUT2D eigenvalue weighted by atomic mass is 9.98. The highest BCUT2D eigenvalue weighted by Gasteiger charge is 2.44. The topological polar surface area (TPSA) is 69.6 Å². The van der Waals surface area contributed by atoms with E-state index in [-0.39, 0.29) is 11.6 Å². The van der Waals surface area contributed by atoms with Gasteiger partial charge >= 0.3 is 12.0 Å². The molecule has 1 aliphatic carbocycles. The van der Waals surface area contributed by atoms with Crippen molar-refractivity contribution in [3.63, 3.8) is 0 Å². The number of rotatable bonds is 4. The van der Waals surface area contributed by atoms with Crippen LogP contribution in [0.4, 0.5) is 4.79 Å². The first-order valence-corrected chi connectivity index (χ1v) is 6.67. The van der Waals surface area contributed by atoms with Crippen LogP contribution < -0.4 is 5.32 Å². The van der Waals surface area contributed by atoms with E-state index in [1.807, 2.05) is 20.8 Å². The molecular formula is C14H24N2O3. The summed E-state index contributed by atoms with van der Waals surface area (Å²) >= 11 is 0. The van der Waals surface area contributed by atoms with E-state index in [0.717, 1.165) is 12.8 Å². The third-order valence-corrected chi connectivity index (χ3v) is 3.58. The van der Waals surface area contributed by atoms with Gasteiger partial charge in [0.1, 0.15) is 5.54 Å². The molecule has 5 nitrogen and oxygen atoms in total. The molecule has 1 aliphatic rings. The zero-order chi connectivity index (χ0) is 14.7. The average molecular weight is 268 g/mol. The molecule has 1 rings (SSSR count). The van der Waals surface area contributed by atoms with Crippen molar-refractivity contribution in [2.24, 2.45) is 0 Å². The van der Waals surface area contributed by atoms with Gasteiger partial charge in [0.15, 0.2) is 0 Å². The van der Waals surface area contributed by atoms with Crippen molar-refractivity contribution < 1.29 is 14.7 Å². The van der Waals surface area contributed by atoms with Crippen LogP contribution in [0.5, 0.6) is 0 Å². The Labute approximate surface area is 114 Å². The van der Waals surface area contributed by atoms with Crippen LogP contribution in [0.2, 0.25) is 0 Å². The van der Waals surface area contributed by atoms with Gasteiger partial charge < -0.3 is 15.3 Å². The summed E-state index contributed by atoms with van der Waals surface area (Å²) in [6.45, 7) is 9.78. The minimum Gasteiger partial charge on any atom is -0.480 e. The summed E-state index contributed by atoms with van der Waals surface area (Å²) in [5.41, 5.74) is -1.47. The number of nitrogens with one attached hydrogen (secondary N) is 1. The monoisotopic (exact) mass is 268 g/mol. The highest BCUT2D eigenvalue weighted by Crippen LogP contribution is 2.30. The molecule has 1 saturated carbocycles. The van der Waals surface area contributed by atoms with E-state index in [0.29, 0.717) is 19.4 Å². The van der Waals surface area contributed by atoms with Crippen LogP contribution in [-0.4, -0.2) is 39.6 Å². The molecule has 0 atom stereocenters. The van der Waals surface area contributed by atoms with Gasteiger partial charge in [-0.1, -0.05) is 18.9 Å². The van der Waals surface area contributed by atoms with Gasteiger partial charge in [-0.05, 0) is 33.6 Å². The van der Waals surface area contributed by atoms with Gasteiger partial charge in [0.05, 0.1) is 0 Å². The molecule has 0 aromatic rings. The molecule has 0 unspecified atom stereocenters. The average Bonchev–Trinajstić information content (AvgIpc) is 2.73. The van der Waals surface area contributed by atoms with E-state index in [4.69, 9.17) is 0 Å². The number of carboxylic acids is 1. The van der Waals surface area contributed by atoms with Crippen LogP contribution in [0.3, 0.4) is 0 Å². The van der Waals surface area contributed by atoms with Crippen molar-refractivity contribution in [3.8, 4) is 0 Å². The summed E-state index contributed by atoms with van der Waals surface area (Å²) in [5, 5.41) is 12.1. The fourth-order valence-electron chi connectivity index (χ4n) is 2.43. The molecule has 1 fully saturated rings. The van der Waals surface area contributed by atoms with Crippen molar-refractivity contribution in [1.29, 1.82) is 0 Å². The van der Waals surface area contributed by atoms with Gasteiger partial charge in [-0.3, -0.25) is 0 Å². The third-order valence-electron chi connectivity index (χ3n) is 3.58. The van der Waals surface area contributed by atoms with E-state index in [2.05, 4.69) is 11.9 Å². The number of hydrogen-bond donors (Lipinski definition) is 2. The normalized spacial score (nSPS) is 17.8. The first kappa shape index (κ1) is 15.5. The Kier molecular flexibility index (Phi) is 4.61. The van der Waals surface area contributed by atoms with Crippen LogP contribution in [-0.2, 0) is 4.79 Å². The number of carbonyl (C=O) groups excluding carboxylic acids is 1. The lowest BCUT2D eigenvalue weighted by Gasteiger charge is -2.37. The second-order valence-electron chi connectivity index (χ2n) is 6.09. The number of carbonyl (C=O) groups is 2. The zero-order valence-corrected chi connectivity index (χ0v) is 12.0. The van der Waals surface area contributed by atoms with Crippen molar-refractivity contribution in [2.75, 3.05) is 6.54 Å². The Morgan fingerprint density at radius 2 is 1.89 bits per heavy atom. The lowest BCUT2D eigenvalue weighted by Crippen LogP contribution is -2.59. The molecular weight excluding hydrogens is 244 g/mol. The van der Waals surface area contributed by atoms with E-state index >= 15 is 0 Å². The van der Waals surface area contributed by atoms with Crippen LogP contribution in [0, 0.1) is 0 Å². The summed E-state index contributed by atoms with van der Waals surface area (Å²) in [6, 6.07) is -0.336. The Bertz CT molecular complexity index is 365. The van der Waals surface area contributed by atoms with E-state index in [9.17, 15) is 14.7 Å². The van der Waals surface area contributed by atoms with Gasteiger partial charge in [-0.15, -0.1) is 6.58 Å².